The molecule has 0 aliphatic heterocycles. The highest BCUT2D eigenvalue weighted by molar-refractivity contribution is 5.68. The Morgan fingerprint density at radius 2 is 1.91 bits per heavy atom. The summed E-state index contributed by atoms with van der Waals surface area (Å²) in [6.07, 6.45) is 3.96. The molecular formula is C17H27N3O2. The van der Waals surface area contributed by atoms with E-state index in [1.807, 2.05) is 24.4 Å². The molecule has 1 aromatic heterocycles. The summed E-state index contributed by atoms with van der Waals surface area (Å²) < 4.78 is 10.6. The van der Waals surface area contributed by atoms with E-state index < -0.39 is 0 Å². The van der Waals surface area contributed by atoms with Crippen LogP contribution in [0.5, 0.6) is 11.5 Å². The maximum atomic E-state index is 5.42. The molecule has 0 radical (unpaired) electrons. The number of methoxy groups -OCH3 is 2. The molecule has 0 atom stereocenters. The zero-order chi connectivity index (χ0) is 16.5. The molecule has 0 spiro atoms. The first-order valence-electron chi connectivity index (χ1n) is 7.48. The fourth-order valence-electron chi connectivity index (χ4n) is 2.07. The molecule has 0 aliphatic carbocycles. The van der Waals surface area contributed by atoms with Crippen molar-refractivity contribution in [2.45, 2.75) is 26.7 Å². The second-order valence-electron chi connectivity index (χ2n) is 5.24. The minimum Gasteiger partial charge on any atom is -0.497 e. The largest absolute Gasteiger partial charge is 0.497 e. The fourth-order valence-corrected chi connectivity index (χ4v) is 2.07. The minimum absolute atomic E-state index is 0.680. The van der Waals surface area contributed by atoms with Gasteiger partial charge in [-0.05, 0) is 31.5 Å². The summed E-state index contributed by atoms with van der Waals surface area (Å²) in [7, 11) is 4.81. The molecule has 2 aromatic rings. The minimum atomic E-state index is 0.680. The Bertz CT molecular complexity index is 565. The summed E-state index contributed by atoms with van der Waals surface area (Å²) in [6.45, 7) is 4.44. The van der Waals surface area contributed by atoms with Gasteiger partial charge in [0.2, 0.25) is 0 Å². The molecule has 0 saturated carbocycles. The van der Waals surface area contributed by atoms with Gasteiger partial charge in [-0.25, -0.2) is 4.98 Å². The van der Waals surface area contributed by atoms with E-state index in [4.69, 9.17) is 9.47 Å². The van der Waals surface area contributed by atoms with Gasteiger partial charge in [-0.1, -0.05) is 13.8 Å². The van der Waals surface area contributed by atoms with Crippen molar-refractivity contribution < 1.29 is 9.47 Å². The fraction of sp³-hybridized carbons (Fsp3) is 0.471. The summed E-state index contributed by atoms with van der Waals surface area (Å²) in [4.78, 5) is 7.81. The molecule has 22 heavy (non-hydrogen) atoms. The number of hydrogen-bond donors (Lipinski definition) is 2. The Morgan fingerprint density at radius 1 is 1.18 bits per heavy atom. The molecule has 3 N–H and O–H groups in total. The Labute approximate surface area is 132 Å². The maximum absolute atomic E-state index is 5.42. The van der Waals surface area contributed by atoms with Gasteiger partial charge in [0.25, 0.3) is 0 Å². The summed E-state index contributed by atoms with van der Waals surface area (Å²) in [5.74, 6) is 3.26. The number of nitrogens with one attached hydrogen (secondary N) is 1. The molecule has 0 saturated heterocycles. The van der Waals surface area contributed by atoms with E-state index in [9.17, 15) is 0 Å². The predicted molar refractivity (Wildman–Crippen MR) is 90.4 cm³/mol. The molecular weight excluding hydrogens is 278 g/mol. The van der Waals surface area contributed by atoms with Crippen LogP contribution >= 0.6 is 0 Å². The normalized spacial score (nSPS) is 10.1. The number of nitrogens with two attached hydrogens (primary N) is 1. The number of aromatic amines is 1. The number of aryl methyl sites for hydroxylation is 1. The summed E-state index contributed by atoms with van der Waals surface area (Å²) in [5.41, 5.74) is 6.47. The molecule has 0 amide bonds. The monoisotopic (exact) mass is 305 g/mol. The summed E-state index contributed by atoms with van der Waals surface area (Å²) in [5, 5.41) is 0. The third kappa shape index (κ3) is 4.77. The van der Waals surface area contributed by atoms with Crippen LogP contribution in [0.4, 0.5) is 0 Å². The van der Waals surface area contributed by atoms with Crippen LogP contribution in [0.25, 0.3) is 11.3 Å². The standard InChI is InChI=1S/C16H22N2O2.CH5N/c1-11(2)5-8-16-17-10-14(18-16)13-7-6-12(19-3)9-15(13)20-4;1-2/h6-7,9-11H,5,8H2,1-4H3,(H,17,18);2H2,1H3. The highest BCUT2D eigenvalue weighted by Gasteiger charge is 2.10. The van der Waals surface area contributed by atoms with Gasteiger partial charge in [-0.15, -0.1) is 0 Å². The quantitative estimate of drug-likeness (QED) is 0.859. The van der Waals surface area contributed by atoms with Crippen LogP contribution in [0.2, 0.25) is 0 Å². The molecule has 1 heterocycles. The third-order valence-corrected chi connectivity index (χ3v) is 3.29. The second-order valence-corrected chi connectivity index (χ2v) is 5.24. The second kappa shape index (κ2) is 9.10. The molecule has 122 valence electrons. The van der Waals surface area contributed by atoms with Crippen molar-refractivity contribution in [1.29, 1.82) is 0 Å². The van der Waals surface area contributed by atoms with Crippen molar-refractivity contribution in [2.24, 2.45) is 11.7 Å². The van der Waals surface area contributed by atoms with E-state index in [0.29, 0.717) is 5.92 Å². The van der Waals surface area contributed by atoms with E-state index in [0.717, 1.165) is 41.4 Å². The van der Waals surface area contributed by atoms with Crippen LogP contribution in [0, 0.1) is 5.92 Å². The van der Waals surface area contributed by atoms with Crippen LogP contribution in [0.3, 0.4) is 0 Å². The summed E-state index contributed by atoms with van der Waals surface area (Å²) >= 11 is 0. The number of H-pyrrole nitrogens is 1. The van der Waals surface area contributed by atoms with E-state index in [1.165, 1.54) is 7.05 Å². The highest BCUT2D eigenvalue weighted by atomic mass is 16.5. The van der Waals surface area contributed by atoms with Crippen LogP contribution in [-0.2, 0) is 6.42 Å². The molecule has 0 unspecified atom stereocenters. The number of nitrogens with zero attached hydrogens (tertiary/aromatic N) is 1. The number of benzene rings is 1. The lowest BCUT2D eigenvalue weighted by molar-refractivity contribution is 0.395. The molecule has 0 bridgehead atoms. The lowest BCUT2D eigenvalue weighted by Gasteiger charge is -2.08. The van der Waals surface area contributed by atoms with Gasteiger partial charge in [0.05, 0.1) is 26.1 Å². The lowest BCUT2D eigenvalue weighted by Crippen LogP contribution is -1.94. The average Bonchev–Trinajstić information content (AvgIpc) is 3.03. The molecule has 2 rings (SSSR count). The van der Waals surface area contributed by atoms with Gasteiger partial charge < -0.3 is 20.2 Å². The highest BCUT2D eigenvalue weighted by Crippen LogP contribution is 2.32. The summed E-state index contributed by atoms with van der Waals surface area (Å²) in [6, 6.07) is 5.79. The van der Waals surface area contributed by atoms with Crippen molar-refractivity contribution in [3.05, 3.63) is 30.2 Å². The third-order valence-electron chi connectivity index (χ3n) is 3.29. The molecule has 0 fully saturated rings. The smallest absolute Gasteiger partial charge is 0.131 e. The van der Waals surface area contributed by atoms with Crippen molar-refractivity contribution in [3.8, 4) is 22.8 Å². The Hall–Kier alpha value is -2.01. The van der Waals surface area contributed by atoms with Crippen molar-refractivity contribution >= 4 is 0 Å². The molecule has 5 nitrogen and oxygen atoms in total. The predicted octanol–water partition coefficient (Wildman–Crippen LogP) is 3.26. The van der Waals surface area contributed by atoms with Crippen LogP contribution in [-0.4, -0.2) is 31.2 Å². The van der Waals surface area contributed by atoms with Crippen LogP contribution < -0.4 is 15.2 Å². The Balaban J connectivity index is 0.00000116. The van der Waals surface area contributed by atoms with Crippen molar-refractivity contribution in [1.82, 2.24) is 9.97 Å². The average molecular weight is 305 g/mol. The van der Waals surface area contributed by atoms with Gasteiger partial charge in [0.1, 0.15) is 17.3 Å². The zero-order valence-corrected chi connectivity index (χ0v) is 14.1. The number of imidazole rings is 1. The van der Waals surface area contributed by atoms with Gasteiger partial charge in [-0.2, -0.15) is 0 Å². The van der Waals surface area contributed by atoms with E-state index in [1.54, 1.807) is 14.2 Å². The Morgan fingerprint density at radius 3 is 2.50 bits per heavy atom. The molecule has 5 heteroatoms. The number of aromatic nitrogens is 2. The number of rotatable bonds is 6. The van der Waals surface area contributed by atoms with E-state index >= 15 is 0 Å². The van der Waals surface area contributed by atoms with E-state index in [-0.39, 0.29) is 0 Å². The first-order valence-corrected chi connectivity index (χ1v) is 7.48. The topological polar surface area (TPSA) is 73.2 Å². The van der Waals surface area contributed by atoms with Crippen LogP contribution in [0.15, 0.2) is 24.4 Å². The first kappa shape index (κ1) is 18.0. The van der Waals surface area contributed by atoms with Crippen LogP contribution in [0.1, 0.15) is 26.1 Å². The molecule has 1 aromatic carbocycles. The van der Waals surface area contributed by atoms with Gasteiger partial charge >= 0.3 is 0 Å². The SMILES string of the molecule is CN.COc1ccc(-c2cnc(CCC(C)C)[nH]2)c(OC)c1. The number of ether oxygens (including phenoxy) is 2. The first-order chi connectivity index (χ1) is 10.6. The van der Waals surface area contributed by atoms with Gasteiger partial charge in [0, 0.05) is 18.1 Å². The Kier molecular flexibility index (Phi) is 7.46. The molecule has 0 aliphatic rings. The van der Waals surface area contributed by atoms with Crippen molar-refractivity contribution in [3.63, 3.8) is 0 Å². The van der Waals surface area contributed by atoms with Crippen molar-refractivity contribution in [2.75, 3.05) is 21.3 Å². The van der Waals surface area contributed by atoms with Gasteiger partial charge in [-0.3, -0.25) is 0 Å². The maximum Gasteiger partial charge on any atom is 0.131 e. The van der Waals surface area contributed by atoms with Gasteiger partial charge in [0.15, 0.2) is 0 Å². The van der Waals surface area contributed by atoms with E-state index in [2.05, 4.69) is 29.5 Å². The zero-order valence-electron chi connectivity index (χ0n) is 14.1. The lowest BCUT2D eigenvalue weighted by atomic mass is 10.1. The number of hydrogen-bond acceptors (Lipinski definition) is 4.